The SMILES string of the molecule is NC1c2ccccc2CCC1Oc1cc(F)cc(F)c1. The number of hydrogen-bond donors (Lipinski definition) is 1. The lowest BCUT2D eigenvalue weighted by Crippen LogP contribution is -2.35. The second-order valence-electron chi connectivity index (χ2n) is 5.02. The van der Waals surface area contributed by atoms with E-state index in [9.17, 15) is 8.78 Å². The van der Waals surface area contributed by atoms with Crippen molar-refractivity contribution in [2.75, 3.05) is 0 Å². The Morgan fingerprint density at radius 3 is 2.50 bits per heavy atom. The zero-order valence-electron chi connectivity index (χ0n) is 10.9. The largest absolute Gasteiger partial charge is 0.488 e. The van der Waals surface area contributed by atoms with Crippen molar-refractivity contribution >= 4 is 0 Å². The fourth-order valence-electron chi connectivity index (χ4n) is 2.67. The summed E-state index contributed by atoms with van der Waals surface area (Å²) in [7, 11) is 0. The molecule has 0 aliphatic heterocycles. The Labute approximate surface area is 116 Å². The molecule has 4 heteroatoms. The van der Waals surface area contributed by atoms with Crippen LogP contribution in [0.4, 0.5) is 8.78 Å². The summed E-state index contributed by atoms with van der Waals surface area (Å²) in [5, 5.41) is 0. The molecule has 2 N–H and O–H groups in total. The smallest absolute Gasteiger partial charge is 0.129 e. The Balaban J connectivity index is 1.82. The predicted octanol–water partition coefficient (Wildman–Crippen LogP) is 3.36. The highest BCUT2D eigenvalue weighted by Gasteiger charge is 2.28. The summed E-state index contributed by atoms with van der Waals surface area (Å²) in [6, 6.07) is 10.8. The minimum Gasteiger partial charge on any atom is -0.488 e. The molecule has 2 unspecified atom stereocenters. The van der Waals surface area contributed by atoms with Crippen LogP contribution in [0.2, 0.25) is 0 Å². The molecule has 3 rings (SSSR count). The van der Waals surface area contributed by atoms with Crippen molar-refractivity contribution < 1.29 is 13.5 Å². The van der Waals surface area contributed by atoms with Gasteiger partial charge in [0, 0.05) is 18.2 Å². The highest BCUT2D eigenvalue weighted by Crippen LogP contribution is 2.31. The van der Waals surface area contributed by atoms with Crippen molar-refractivity contribution in [2.45, 2.75) is 25.0 Å². The third kappa shape index (κ3) is 2.51. The maximum atomic E-state index is 13.2. The van der Waals surface area contributed by atoms with Gasteiger partial charge in [-0.15, -0.1) is 0 Å². The Morgan fingerprint density at radius 2 is 1.75 bits per heavy atom. The molecule has 1 aliphatic carbocycles. The molecule has 0 heterocycles. The number of hydrogen-bond acceptors (Lipinski definition) is 2. The van der Waals surface area contributed by atoms with Crippen molar-refractivity contribution in [3.8, 4) is 5.75 Å². The summed E-state index contributed by atoms with van der Waals surface area (Å²) < 4.78 is 32.0. The Kier molecular flexibility index (Phi) is 3.40. The van der Waals surface area contributed by atoms with Gasteiger partial charge in [0.25, 0.3) is 0 Å². The predicted molar refractivity (Wildman–Crippen MR) is 72.5 cm³/mol. The van der Waals surface area contributed by atoms with Gasteiger partial charge in [-0.05, 0) is 24.0 Å². The first-order valence-corrected chi connectivity index (χ1v) is 6.59. The normalized spacial score (nSPS) is 21.4. The third-order valence-electron chi connectivity index (χ3n) is 3.64. The van der Waals surface area contributed by atoms with Crippen LogP contribution in [0.25, 0.3) is 0 Å². The van der Waals surface area contributed by atoms with E-state index in [1.54, 1.807) is 0 Å². The number of halogens is 2. The van der Waals surface area contributed by atoms with Crippen LogP contribution in [0.1, 0.15) is 23.6 Å². The maximum absolute atomic E-state index is 13.2. The van der Waals surface area contributed by atoms with E-state index < -0.39 is 11.6 Å². The van der Waals surface area contributed by atoms with E-state index in [0.717, 1.165) is 24.5 Å². The molecule has 0 fully saturated rings. The van der Waals surface area contributed by atoms with Crippen LogP contribution in [-0.2, 0) is 6.42 Å². The van der Waals surface area contributed by atoms with Gasteiger partial charge in [-0.25, -0.2) is 8.78 Å². The lowest BCUT2D eigenvalue weighted by Gasteiger charge is -2.31. The van der Waals surface area contributed by atoms with Crippen molar-refractivity contribution in [3.05, 3.63) is 65.2 Å². The maximum Gasteiger partial charge on any atom is 0.129 e. The first-order chi connectivity index (χ1) is 9.63. The lowest BCUT2D eigenvalue weighted by molar-refractivity contribution is 0.152. The molecule has 0 radical (unpaired) electrons. The number of nitrogens with two attached hydrogens (primary N) is 1. The minimum absolute atomic E-state index is 0.183. The summed E-state index contributed by atoms with van der Waals surface area (Å²) in [5.74, 6) is -1.11. The zero-order chi connectivity index (χ0) is 14.1. The number of ether oxygens (including phenoxy) is 1. The fraction of sp³-hybridized carbons (Fsp3) is 0.250. The van der Waals surface area contributed by atoms with E-state index in [1.165, 1.54) is 17.7 Å². The van der Waals surface area contributed by atoms with E-state index in [-0.39, 0.29) is 17.9 Å². The van der Waals surface area contributed by atoms with E-state index in [0.29, 0.717) is 0 Å². The summed E-state index contributed by atoms with van der Waals surface area (Å²) in [6.45, 7) is 0. The van der Waals surface area contributed by atoms with Gasteiger partial charge in [0.2, 0.25) is 0 Å². The first-order valence-electron chi connectivity index (χ1n) is 6.59. The first kappa shape index (κ1) is 13.1. The van der Waals surface area contributed by atoms with E-state index in [1.807, 2.05) is 24.3 Å². The van der Waals surface area contributed by atoms with Gasteiger partial charge < -0.3 is 10.5 Å². The molecular formula is C16H15F2NO. The molecule has 0 aromatic heterocycles. The van der Waals surface area contributed by atoms with E-state index in [4.69, 9.17) is 10.5 Å². The van der Waals surface area contributed by atoms with Gasteiger partial charge in [-0.3, -0.25) is 0 Å². The fourth-order valence-corrected chi connectivity index (χ4v) is 2.67. The van der Waals surface area contributed by atoms with Gasteiger partial charge in [0.1, 0.15) is 23.5 Å². The molecule has 20 heavy (non-hydrogen) atoms. The monoisotopic (exact) mass is 275 g/mol. The van der Waals surface area contributed by atoms with Crippen molar-refractivity contribution in [3.63, 3.8) is 0 Å². The number of fused-ring (bicyclic) bond motifs is 1. The zero-order valence-corrected chi connectivity index (χ0v) is 10.9. The molecule has 1 aliphatic rings. The summed E-state index contributed by atoms with van der Waals surface area (Å²) in [6.07, 6.45) is 1.31. The van der Waals surface area contributed by atoms with Crippen LogP contribution in [0.5, 0.6) is 5.75 Å². The molecule has 0 saturated carbocycles. The summed E-state index contributed by atoms with van der Waals surface area (Å²) >= 11 is 0. The van der Waals surface area contributed by atoms with Crippen LogP contribution < -0.4 is 10.5 Å². The Bertz CT molecular complexity index is 609. The third-order valence-corrected chi connectivity index (χ3v) is 3.64. The Hall–Kier alpha value is -1.94. The highest BCUT2D eigenvalue weighted by atomic mass is 19.1. The topological polar surface area (TPSA) is 35.2 Å². The number of rotatable bonds is 2. The highest BCUT2D eigenvalue weighted by molar-refractivity contribution is 5.34. The van der Waals surface area contributed by atoms with Crippen LogP contribution in [0.15, 0.2) is 42.5 Å². The van der Waals surface area contributed by atoms with Crippen molar-refractivity contribution in [1.29, 1.82) is 0 Å². The van der Waals surface area contributed by atoms with Crippen LogP contribution in [0, 0.1) is 11.6 Å². The molecule has 0 spiro atoms. The molecule has 2 aromatic rings. The second-order valence-corrected chi connectivity index (χ2v) is 5.02. The van der Waals surface area contributed by atoms with Crippen molar-refractivity contribution in [2.24, 2.45) is 5.73 Å². The average molecular weight is 275 g/mol. The molecule has 2 atom stereocenters. The second kappa shape index (κ2) is 5.21. The van der Waals surface area contributed by atoms with Gasteiger partial charge in [0.15, 0.2) is 0 Å². The number of aryl methyl sites for hydroxylation is 1. The quantitative estimate of drug-likeness (QED) is 0.912. The average Bonchev–Trinajstić information content (AvgIpc) is 2.41. The van der Waals surface area contributed by atoms with E-state index in [2.05, 4.69) is 0 Å². The Morgan fingerprint density at radius 1 is 1.05 bits per heavy atom. The minimum atomic E-state index is -0.648. The number of benzene rings is 2. The summed E-state index contributed by atoms with van der Waals surface area (Å²) in [4.78, 5) is 0. The van der Waals surface area contributed by atoms with Gasteiger partial charge in [0.05, 0.1) is 6.04 Å². The standard InChI is InChI=1S/C16H15F2NO/c17-11-7-12(18)9-13(8-11)20-15-6-5-10-3-1-2-4-14(10)16(15)19/h1-4,7-9,15-16H,5-6,19H2. The van der Waals surface area contributed by atoms with Gasteiger partial charge in [-0.1, -0.05) is 24.3 Å². The van der Waals surface area contributed by atoms with E-state index >= 15 is 0 Å². The van der Waals surface area contributed by atoms with Crippen molar-refractivity contribution in [1.82, 2.24) is 0 Å². The molecule has 2 nitrogen and oxygen atoms in total. The van der Waals surface area contributed by atoms with Crippen LogP contribution >= 0.6 is 0 Å². The van der Waals surface area contributed by atoms with Gasteiger partial charge >= 0.3 is 0 Å². The molecule has 0 amide bonds. The molecular weight excluding hydrogens is 260 g/mol. The molecule has 104 valence electrons. The molecule has 0 bridgehead atoms. The molecule has 0 saturated heterocycles. The van der Waals surface area contributed by atoms with Crippen LogP contribution in [0.3, 0.4) is 0 Å². The summed E-state index contributed by atoms with van der Waals surface area (Å²) in [5.41, 5.74) is 8.46. The van der Waals surface area contributed by atoms with Gasteiger partial charge in [-0.2, -0.15) is 0 Å². The molecule has 2 aromatic carbocycles. The lowest BCUT2D eigenvalue weighted by atomic mass is 9.86. The van der Waals surface area contributed by atoms with Crippen LogP contribution in [-0.4, -0.2) is 6.10 Å².